The fourth-order valence-electron chi connectivity index (χ4n) is 3.31. The van der Waals surface area contributed by atoms with Crippen molar-refractivity contribution >= 4 is 46.5 Å². The number of benzene rings is 1. The summed E-state index contributed by atoms with van der Waals surface area (Å²) in [5, 5.41) is 20.2. The second kappa shape index (κ2) is 13.3. The average molecular weight is 553 g/mol. The number of hydrogen-bond donors (Lipinski definition) is 5. The van der Waals surface area contributed by atoms with Crippen LogP contribution in [-0.4, -0.2) is 71.1 Å². The molecule has 208 valence electrons. The lowest BCUT2D eigenvalue weighted by molar-refractivity contribution is -0.140. The number of rotatable bonds is 9. The Hall–Kier alpha value is -5.54. The maximum atomic E-state index is 12.4. The van der Waals surface area contributed by atoms with Crippen LogP contribution in [0.1, 0.15) is 28.9 Å². The van der Waals surface area contributed by atoms with Crippen LogP contribution >= 0.6 is 0 Å². The number of carboxylic acids is 2. The van der Waals surface area contributed by atoms with Crippen molar-refractivity contribution in [1.82, 2.24) is 35.2 Å². The molecule has 0 aliphatic carbocycles. The van der Waals surface area contributed by atoms with Gasteiger partial charge in [-0.25, -0.2) is 24.7 Å². The summed E-state index contributed by atoms with van der Waals surface area (Å²) in [5.74, 6) is -2.91. The van der Waals surface area contributed by atoms with E-state index in [1.165, 1.54) is 24.5 Å². The number of hydrogen-bond acceptors (Lipinski definition) is 12. The minimum atomic E-state index is -1.30. The molecule has 40 heavy (non-hydrogen) atoms. The van der Waals surface area contributed by atoms with Gasteiger partial charge in [-0.2, -0.15) is 14.4 Å². The number of nitrogens with two attached hydrogens (primary N) is 2. The van der Waals surface area contributed by atoms with E-state index < -0.39 is 30.0 Å². The molecule has 3 heterocycles. The van der Waals surface area contributed by atoms with Gasteiger partial charge in [0.15, 0.2) is 17.0 Å². The summed E-state index contributed by atoms with van der Waals surface area (Å²) >= 11 is 0. The highest BCUT2D eigenvalue weighted by molar-refractivity contribution is 5.97. The largest absolute Gasteiger partial charge is 0.481 e. The van der Waals surface area contributed by atoms with E-state index in [0.717, 1.165) is 5.69 Å². The number of amides is 1. The molecule has 0 radical (unpaired) electrons. The molecule has 1 aromatic carbocycles. The van der Waals surface area contributed by atoms with Crippen LogP contribution in [0.3, 0.4) is 0 Å². The minimum absolute atomic E-state index is 0.0138. The molecule has 3 aromatic heterocycles. The van der Waals surface area contributed by atoms with Crippen LogP contribution in [0.25, 0.3) is 11.2 Å². The monoisotopic (exact) mass is 552 g/mol. The number of carboxylic acid groups (broad SMARTS) is 2. The van der Waals surface area contributed by atoms with Gasteiger partial charge in [0, 0.05) is 37.1 Å². The van der Waals surface area contributed by atoms with Crippen molar-refractivity contribution < 1.29 is 29.0 Å². The van der Waals surface area contributed by atoms with Gasteiger partial charge in [0.2, 0.25) is 5.95 Å². The lowest BCUT2D eigenvalue weighted by atomic mass is 10.1. The standard InChI is InChI=1S/C20H22N8O5.C4H3FN2/c1-28(9-11-8-23-17-15(24-11)16(21)26-20(22)27-17)12-4-2-10(3-5-12)18(31)25-13(19(32)33)6-7-14(29)30;5-4-6-2-1-3-7-4/h2-5,8,13H,6-7,9H2,1H3,(H,25,31)(H,29,30)(H,32,33)(H4,21,22,23,26,27);1-3H. The number of carbonyl (C=O) groups excluding carboxylic acids is 1. The number of nitrogen functional groups attached to an aromatic ring is 2. The van der Waals surface area contributed by atoms with Crippen LogP contribution in [0.2, 0.25) is 0 Å². The first-order valence-corrected chi connectivity index (χ1v) is 11.6. The molecule has 0 aliphatic heterocycles. The molecule has 16 heteroatoms. The second-order valence-corrected chi connectivity index (χ2v) is 8.22. The zero-order valence-corrected chi connectivity index (χ0v) is 21.1. The van der Waals surface area contributed by atoms with Crippen molar-refractivity contribution in [3.8, 4) is 0 Å². The van der Waals surface area contributed by atoms with E-state index in [2.05, 4.69) is 35.2 Å². The Bertz CT molecular complexity index is 1490. The highest BCUT2D eigenvalue weighted by Gasteiger charge is 2.21. The first-order chi connectivity index (χ1) is 19.0. The van der Waals surface area contributed by atoms with Gasteiger partial charge in [0.1, 0.15) is 6.04 Å². The highest BCUT2D eigenvalue weighted by Crippen LogP contribution is 2.19. The summed E-state index contributed by atoms with van der Waals surface area (Å²) in [6.07, 6.45) is 2.98. The Morgan fingerprint density at radius 3 is 2.27 bits per heavy atom. The molecule has 1 unspecified atom stereocenters. The molecular formula is C24H25FN10O5. The lowest BCUT2D eigenvalue weighted by Gasteiger charge is -2.19. The van der Waals surface area contributed by atoms with Crippen LogP contribution in [0.15, 0.2) is 48.9 Å². The predicted octanol–water partition coefficient (Wildman–Crippen LogP) is 0.884. The summed E-state index contributed by atoms with van der Waals surface area (Å²) in [7, 11) is 1.82. The minimum Gasteiger partial charge on any atom is -0.481 e. The third-order valence-corrected chi connectivity index (χ3v) is 5.26. The fraction of sp³-hybridized carbons (Fsp3) is 0.208. The Balaban J connectivity index is 0.000000547. The molecule has 0 fully saturated rings. The van der Waals surface area contributed by atoms with Crippen molar-refractivity contribution in [2.75, 3.05) is 23.4 Å². The number of halogens is 1. The van der Waals surface area contributed by atoms with Gasteiger partial charge in [-0.3, -0.25) is 9.59 Å². The fourth-order valence-corrected chi connectivity index (χ4v) is 3.31. The number of nitrogens with one attached hydrogen (secondary N) is 1. The van der Waals surface area contributed by atoms with E-state index in [0.29, 0.717) is 23.4 Å². The molecule has 1 amide bonds. The molecule has 7 N–H and O–H groups in total. The summed E-state index contributed by atoms with van der Waals surface area (Å²) in [6.45, 7) is 0.370. The van der Waals surface area contributed by atoms with E-state index in [4.69, 9.17) is 16.6 Å². The molecule has 4 rings (SSSR count). The Morgan fingerprint density at radius 2 is 1.70 bits per heavy atom. The van der Waals surface area contributed by atoms with Crippen LogP contribution in [-0.2, 0) is 16.1 Å². The Labute approximate surface area is 226 Å². The maximum Gasteiger partial charge on any atom is 0.326 e. The SMILES string of the molecule is CN(Cc1cnc2nc(N)nc(N)c2n1)c1ccc(C(=O)NC(CCC(=O)O)C(=O)O)cc1.Fc1ncccn1. The van der Waals surface area contributed by atoms with Gasteiger partial charge in [0.05, 0.1) is 18.4 Å². The summed E-state index contributed by atoms with van der Waals surface area (Å²) in [6, 6.07) is 6.72. The zero-order valence-electron chi connectivity index (χ0n) is 21.1. The molecule has 0 aliphatic rings. The van der Waals surface area contributed by atoms with E-state index >= 15 is 0 Å². The van der Waals surface area contributed by atoms with Crippen molar-refractivity contribution in [2.45, 2.75) is 25.4 Å². The maximum absolute atomic E-state index is 12.4. The molecule has 0 spiro atoms. The van der Waals surface area contributed by atoms with Crippen molar-refractivity contribution in [2.24, 2.45) is 0 Å². The normalized spacial score (nSPS) is 11.2. The Kier molecular flexibility index (Phi) is 9.66. The number of anilines is 3. The molecule has 0 saturated carbocycles. The first-order valence-electron chi connectivity index (χ1n) is 11.6. The third-order valence-electron chi connectivity index (χ3n) is 5.26. The molecular weight excluding hydrogens is 527 g/mol. The van der Waals surface area contributed by atoms with Gasteiger partial charge in [-0.1, -0.05) is 0 Å². The molecule has 4 aromatic rings. The van der Waals surface area contributed by atoms with E-state index in [-0.39, 0.29) is 30.2 Å². The lowest BCUT2D eigenvalue weighted by Crippen LogP contribution is -2.41. The summed E-state index contributed by atoms with van der Waals surface area (Å²) in [5.41, 5.74) is 13.7. The predicted molar refractivity (Wildman–Crippen MR) is 140 cm³/mol. The van der Waals surface area contributed by atoms with Crippen LogP contribution in [0.4, 0.5) is 21.8 Å². The highest BCUT2D eigenvalue weighted by atomic mass is 19.1. The van der Waals surface area contributed by atoms with Crippen molar-refractivity contribution in [3.05, 3.63) is 66.3 Å². The average Bonchev–Trinajstić information content (AvgIpc) is 2.91. The van der Waals surface area contributed by atoms with Gasteiger partial charge < -0.3 is 31.9 Å². The van der Waals surface area contributed by atoms with Crippen LogP contribution in [0, 0.1) is 6.08 Å². The molecule has 15 nitrogen and oxygen atoms in total. The quantitative estimate of drug-likeness (QED) is 0.181. The molecule has 1 atom stereocenters. The topological polar surface area (TPSA) is 236 Å². The van der Waals surface area contributed by atoms with Crippen LogP contribution < -0.4 is 21.7 Å². The van der Waals surface area contributed by atoms with E-state index in [1.807, 2.05) is 11.9 Å². The number of aromatic nitrogens is 6. The summed E-state index contributed by atoms with van der Waals surface area (Å²) < 4.78 is 11.7. The number of fused-ring (bicyclic) bond motifs is 1. The summed E-state index contributed by atoms with van der Waals surface area (Å²) in [4.78, 5) is 59.1. The number of nitrogens with zero attached hydrogens (tertiary/aromatic N) is 7. The van der Waals surface area contributed by atoms with Crippen molar-refractivity contribution in [3.63, 3.8) is 0 Å². The van der Waals surface area contributed by atoms with Crippen molar-refractivity contribution in [1.29, 1.82) is 0 Å². The van der Waals surface area contributed by atoms with Gasteiger partial charge in [-0.15, -0.1) is 0 Å². The van der Waals surface area contributed by atoms with E-state index in [9.17, 15) is 23.9 Å². The van der Waals surface area contributed by atoms with Gasteiger partial charge >= 0.3 is 18.0 Å². The number of carbonyl (C=O) groups is 3. The molecule has 0 bridgehead atoms. The molecule has 0 saturated heterocycles. The first kappa shape index (κ1) is 29.0. The van der Waals surface area contributed by atoms with Gasteiger partial charge in [0.25, 0.3) is 5.91 Å². The third kappa shape index (κ3) is 8.23. The Morgan fingerprint density at radius 1 is 1.02 bits per heavy atom. The number of aliphatic carboxylic acids is 2. The van der Waals surface area contributed by atoms with Crippen LogP contribution in [0.5, 0.6) is 0 Å². The van der Waals surface area contributed by atoms with E-state index in [1.54, 1.807) is 24.4 Å². The zero-order chi connectivity index (χ0) is 29.2. The van der Waals surface area contributed by atoms with Gasteiger partial charge in [-0.05, 0) is 36.8 Å². The smallest absolute Gasteiger partial charge is 0.326 e. The second-order valence-electron chi connectivity index (χ2n) is 8.22.